The Morgan fingerprint density at radius 1 is 1.04 bits per heavy atom. The van der Waals surface area contributed by atoms with E-state index in [0.717, 1.165) is 31.7 Å². The van der Waals surface area contributed by atoms with Gasteiger partial charge in [-0.3, -0.25) is 9.78 Å². The first-order valence-electron chi connectivity index (χ1n) is 19.0. The molecule has 0 aliphatic carbocycles. The number of halogens is 2. The summed E-state index contributed by atoms with van der Waals surface area (Å²) in [4.78, 5) is 51.2. The van der Waals surface area contributed by atoms with E-state index in [1.54, 1.807) is 0 Å². The van der Waals surface area contributed by atoms with Crippen molar-refractivity contribution in [1.82, 2.24) is 20.3 Å². The molecule has 3 aliphatic rings. The van der Waals surface area contributed by atoms with Gasteiger partial charge in [0.05, 0.1) is 23.1 Å². The van der Waals surface area contributed by atoms with Gasteiger partial charge >= 0.3 is 17.8 Å². The number of benzene rings is 2. The molecule has 0 spiro atoms. The number of methoxy groups -OCH3 is 1. The van der Waals surface area contributed by atoms with Gasteiger partial charge in [0.15, 0.2) is 11.9 Å². The number of nitrogens with one attached hydrogen (secondary N) is 2. The third kappa shape index (κ3) is 9.58. The number of hydrogen-bond donors (Lipinski definition) is 2. The third-order valence-electron chi connectivity index (χ3n) is 10.1. The van der Waals surface area contributed by atoms with Crippen LogP contribution in [-0.2, 0) is 19.0 Å². The van der Waals surface area contributed by atoms with E-state index >= 15 is 8.78 Å². The van der Waals surface area contributed by atoms with E-state index < -0.39 is 35.6 Å². The molecule has 0 amide bonds. The average molecular weight is 760 g/mol. The largest absolute Gasteiger partial charge is 0.514 e. The number of aromatic amines is 1. The highest BCUT2D eigenvalue weighted by Crippen LogP contribution is 2.39. The van der Waals surface area contributed by atoms with Crippen molar-refractivity contribution in [3.05, 3.63) is 58.1 Å². The van der Waals surface area contributed by atoms with Crippen LogP contribution in [0.4, 0.5) is 19.4 Å². The number of unbranched alkanes of at least 4 members (excludes halogenated alkanes) is 8. The minimum absolute atomic E-state index is 0.00800. The maximum absolute atomic E-state index is 16.6. The molecule has 2 aromatic carbocycles. The number of rotatable bonds is 18. The summed E-state index contributed by atoms with van der Waals surface area (Å²) in [6.45, 7) is 3.07. The maximum atomic E-state index is 16.6. The number of carbonyl (C=O) groups is 2. The molecular weight excluding hydrogens is 712 g/mol. The Morgan fingerprint density at radius 3 is 2.44 bits per heavy atom. The van der Waals surface area contributed by atoms with Crippen molar-refractivity contribution in [3.8, 4) is 29.4 Å². The van der Waals surface area contributed by atoms with Crippen molar-refractivity contribution in [2.75, 3.05) is 38.3 Å². The minimum atomic E-state index is -1.15. The number of H-pyrrole nitrogens is 1. The van der Waals surface area contributed by atoms with Gasteiger partial charge in [0.25, 0.3) is 0 Å². The van der Waals surface area contributed by atoms with Crippen LogP contribution in [0.1, 0.15) is 83.1 Å². The number of nitrogens with zero attached hydrogens (tertiary/aromatic N) is 3. The van der Waals surface area contributed by atoms with Crippen LogP contribution in [-0.4, -0.2) is 78.7 Å². The molecule has 2 aromatic heterocycles. The molecule has 292 valence electrons. The second-order valence-electron chi connectivity index (χ2n) is 14.2. The Balaban J connectivity index is 1.17. The molecule has 3 fully saturated rings. The number of terminal acetylenes is 1. The van der Waals surface area contributed by atoms with E-state index in [1.165, 1.54) is 63.6 Å². The monoisotopic (exact) mass is 759 g/mol. The van der Waals surface area contributed by atoms with Crippen LogP contribution < -0.4 is 20.6 Å². The van der Waals surface area contributed by atoms with Crippen LogP contribution >= 0.6 is 0 Å². The van der Waals surface area contributed by atoms with Gasteiger partial charge in [-0.1, -0.05) is 70.3 Å². The molecule has 12 nitrogen and oxygen atoms in total. The second-order valence-corrected chi connectivity index (χ2v) is 14.2. The lowest BCUT2D eigenvalue weighted by atomic mass is 9.91. The van der Waals surface area contributed by atoms with E-state index in [2.05, 4.69) is 33.1 Å². The van der Waals surface area contributed by atoms with Gasteiger partial charge in [0.2, 0.25) is 0 Å². The summed E-state index contributed by atoms with van der Waals surface area (Å²) in [6.07, 6.45) is 16.3. The smallest absolute Gasteiger partial charge is 0.462 e. The number of anilines is 1. The summed E-state index contributed by atoms with van der Waals surface area (Å²) in [5, 5.41) is 4.17. The maximum Gasteiger partial charge on any atom is 0.514 e. The number of pyridine rings is 1. The third-order valence-corrected chi connectivity index (χ3v) is 10.1. The van der Waals surface area contributed by atoms with Crippen molar-refractivity contribution in [1.29, 1.82) is 0 Å². The van der Waals surface area contributed by atoms with Crippen molar-refractivity contribution in [2.24, 2.45) is 0 Å². The number of piperidine rings is 1. The van der Waals surface area contributed by atoms with Crippen molar-refractivity contribution >= 4 is 39.6 Å². The summed E-state index contributed by atoms with van der Waals surface area (Å²) in [5.74, 6) is 0.517. The molecule has 0 saturated carbocycles. The molecule has 2 bridgehead atoms. The molecule has 3 saturated heterocycles. The quantitative estimate of drug-likeness (QED) is 0.0471. The van der Waals surface area contributed by atoms with Crippen LogP contribution in [0.25, 0.3) is 32.9 Å². The number of fused-ring (bicyclic) bond motifs is 4. The Hall–Kier alpha value is -5.13. The lowest BCUT2D eigenvalue weighted by Gasteiger charge is -2.48. The lowest BCUT2D eigenvalue weighted by Crippen LogP contribution is -2.67. The molecule has 4 aromatic rings. The number of hydrogen-bond acceptors (Lipinski definition) is 11. The first-order chi connectivity index (χ1) is 26.7. The fourth-order valence-electron chi connectivity index (χ4n) is 7.38. The fourth-order valence-corrected chi connectivity index (χ4v) is 7.38. The van der Waals surface area contributed by atoms with E-state index in [-0.39, 0.29) is 65.2 Å². The van der Waals surface area contributed by atoms with Crippen LogP contribution in [0.3, 0.4) is 0 Å². The van der Waals surface area contributed by atoms with E-state index in [1.807, 2.05) is 4.90 Å². The summed E-state index contributed by atoms with van der Waals surface area (Å²) >= 11 is 0. The molecule has 14 heteroatoms. The van der Waals surface area contributed by atoms with Gasteiger partial charge in [-0.15, -0.1) is 6.42 Å². The van der Waals surface area contributed by atoms with Crippen molar-refractivity contribution in [2.45, 2.75) is 95.7 Å². The summed E-state index contributed by atoms with van der Waals surface area (Å²) in [7, 11) is 1.41. The zero-order valence-electron chi connectivity index (χ0n) is 31.3. The highest BCUT2D eigenvalue weighted by Gasteiger charge is 2.38. The van der Waals surface area contributed by atoms with Crippen molar-refractivity contribution in [3.63, 3.8) is 0 Å². The topological polar surface area (TPSA) is 145 Å². The molecule has 7 rings (SSSR count). The first-order valence-corrected chi connectivity index (χ1v) is 19.0. The van der Waals surface area contributed by atoms with Crippen LogP contribution in [0.5, 0.6) is 5.75 Å². The molecule has 3 unspecified atom stereocenters. The summed E-state index contributed by atoms with van der Waals surface area (Å²) in [6, 6.07) is 5.78. The summed E-state index contributed by atoms with van der Waals surface area (Å²) < 4.78 is 53.2. The van der Waals surface area contributed by atoms with Gasteiger partial charge in [0, 0.05) is 55.9 Å². The number of esters is 1. The average Bonchev–Trinajstić information content (AvgIpc) is 3.16. The van der Waals surface area contributed by atoms with Gasteiger partial charge < -0.3 is 34.1 Å². The molecule has 3 atom stereocenters. The van der Waals surface area contributed by atoms with Crippen molar-refractivity contribution < 1.29 is 37.3 Å². The summed E-state index contributed by atoms with van der Waals surface area (Å²) in [5.41, 5.74) is -1.31. The van der Waals surface area contributed by atoms with Gasteiger partial charge in [-0.05, 0) is 36.4 Å². The highest BCUT2D eigenvalue weighted by molar-refractivity contribution is 6.03. The molecule has 0 radical (unpaired) electrons. The zero-order chi connectivity index (χ0) is 38.9. The Morgan fingerprint density at radius 2 is 1.75 bits per heavy atom. The van der Waals surface area contributed by atoms with E-state index in [9.17, 15) is 14.4 Å². The standard InChI is InChI=1S/C41H47F2N5O7/c1-4-6-7-8-9-10-11-12-13-14-34(49)53-24-29(23-52-3)55-41(51)54-28-17-25-15-16-33(42)30(5-2)35(25)31(19-28)37-36(43)38-32(20-44-37)39(47-40(50)46-38)48-21-26-18-27(22-48)45-26/h2,15-17,19-20,26-27,29,45H,4,6-14,18,21-24H2,1,3H3,(H,46,47,50). The van der Waals surface area contributed by atoms with Gasteiger partial charge in [0.1, 0.15) is 29.7 Å². The second kappa shape index (κ2) is 18.5. The lowest BCUT2D eigenvalue weighted by molar-refractivity contribution is -0.148. The number of ether oxygens (including phenoxy) is 4. The minimum Gasteiger partial charge on any atom is -0.462 e. The fraction of sp³-hybridized carbons (Fsp3) is 0.488. The number of aromatic nitrogens is 3. The molecule has 55 heavy (non-hydrogen) atoms. The SMILES string of the molecule is C#Cc1c(F)ccc2cc(OC(=O)OC(COC)COC(=O)CCCCCCCCCCC)cc(-c3ncc4c(N5CC6CC(C5)N6)nc(=O)[nH]c4c3F)c12. The molecular formula is C41H47F2N5O7. The van der Waals surface area contributed by atoms with E-state index in [4.69, 9.17) is 25.4 Å². The normalized spacial score (nSPS) is 16.7. The van der Waals surface area contributed by atoms with E-state index in [0.29, 0.717) is 36.1 Å². The van der Waals surface area contributed by atoms with Gasteiger partial charge in [-0.25, -0.2) is 18.4 Å². The number of carbonyl (C=O) groups excluding carboxylic acids is 2. The zero-order valence-corrected chi connectivity index (χ0v) is 31.3. The van der Waals surface area contributed by atoms with Crippen LogP contribution in [0, 0.1) is 24.0 Å². The Bertz CT molecular complexity index is 2100. The number of piperazine rings is 1. The first kappa shape index (κ1) is 39.6. The molecule has 2 N–H and O–H groups in total. The highest BCUT2D eigenvalue weighted by atomic mass is 19.1. The molecule has 3 aliphatic heterocycles. The van der Waals surface area contributed by atoms with Gasteiger partial charge in [-0.2, -0.15) is 4.98 Å². The predicted molar refractivity (Wildman–Crippen MR) is 204 cm³/mol. The Labute approximate surface area is 318 Å². The predicted octanol–water partition coefficient (Wildman–Crippen LogP) is 6.94. The van der Waals surface area contributed by atoms with Crippen LogP contribution in [0.15, 0.2) is 35.3 Å². The molecule has 5 heterocycles. The Kier molecular flexibility index (Phi) is 13.3. The van der Waals surface area contributed by atoms with Crippen LogP contribution in [0.2, 0.25) is 0 Å².